The van der Waals surface area contributed by atoms with E-state index in [1.165, 1.54) is 49.2 Å². The summed E-state index contributed by atoms with van der Waals surface area (Å²) in [5, 5.41) is 0. The molecule has 0 bridgehead atoms. The van der Waals surface area contributed by atoms with Gasteiger partial charge < -0.3 is 25.5 Å². The Balaban J connectivity index is 1.51. The van der Waals surface area contributed by atoms with Crippen molar-refractivity contribution >= 4 is 17.5 Å². The summed E-state index contributed by atoms with van der Waals surface area (Å²) < 4.78 is 41.5. The van der Waals surface area contributed by atoms with Gasteiger partial charge in [-0.05, 0) is 66.9 Å². The van der Waals surface area contributed by atoms with Gasteiger partial charge in [0.1, 0.15) is 23.1 Å². The highest BCUT2D eigenvalue weighted by Crippen LogP contribution is 2.36. The number of ketones is 1. The van der Waals surface area contributed by atoms with Crippen molar-refractivity contribution in [1.29, 1.82) is 0 Å². The van der Waals surface area contributed by atoms with Gasteiger partial charge in [0, 0.05) is 41.5 Å². The Kier molecular flexibility index (Phi) is 9.18. The van der Waals surface area contributed by atoms with E-state index in [0.717, 1.165) is 17.7 Å². The number of ether oxygens (including phenoxy) is 2. The van der Waals surface area contributed by atoms with Crippen molar-refractivity contribution in [3.63, 3.8) is 0 Å². The second kappa shape index (κ2) is 13.3. The van der Waals surface area contributed by atoms with Crippen molar-refractivity contribution in [2.24, 2.45) is 5.73 Å². The summed E-state index contributed by atoms with van der Waals surface area (Å²) in [6.45, 7) is 3.52. The molecule has 0 aliphatic heterocycles. The number of benzene rings is 3. The van der Waals surface area contributed by atoms with Crippen LogP contribution in [-0.4, -0.2) is 35.5 Å². The van der Waals surface area contributed by atoms with Crippen molar-refractivity contribution < 1.29 is 27.8 Å². The second-order valence-corrected chi connectivity index (χ2v) is 11.1. The fourth-order valence-electron chi connectivity index (χ4n) is 5.41. The van der Waals surface area contributed by atoms with E-state index in [0.29, 0.717) is 28.2 Å². The standard InChI is InChI=1S/C36H32F2N4O5/c1-19(2)42-18-27(34(44)32(33(42)36(40)45)21-6-9-24(37)10-7-21)29(43)14-20-5-11-25(28(38)13-20)26-15-23(17-41-35(26)39)22-8-12-30(46-3)31(16-22)47-4/h5-13,15-19H,14H2,1-4H3,(H2,39,41)(H2,40,45). The molecule has 9 nitrogen and oxygen atoms in total. The number of hydrogen-bond acceptors (Lipinski definition) is 7. The van der Waals surface area contributed by atoms with Crippen LogP contribution in [0.2, 0.25) is 0 Å². The van der Waals surface area contributed by atoms with Crippen LogP contribution in [0.1, 0.15) is 46.3 Å². The number of carbonyl (C=O) groups is 2. The molecule has 47 heavy (non-hydrogen) atoms. The molecule has 240 valence electrons. The van der Waals surface area contributed by atoms with Gasteiger partial charge in [-0.2, -0.15) is 0 Å². The number of carbonyl (C=O) groups excluding carboxylic acids is 2. The van der Waals surface area contributed by atoms with Crippen LogP contribution < -0.4 is 26.4 Å². The molecular formula is C36H32F2N4O5. The molecule has 0 fully saturated rings. The third-order valence-electron chi connectivity index (χ3n) is 7.78. The Morgan fingerprint density at radius 2 is 1.55 bits per heavy atom. The van der Waals surface area contributed by atoms with Crippen molar-refractivity contribution in [3.8, 4) is 44.9 Å². The molecule has 4 N–H and O–H groups in total. The molecule has 1 amide bonds. The van der Waals surface area contributed by atoms with E-state index in [9.17, 15) is 18.8 Å². The fraction of sp³-hybridized carbons (Fsp3) is 0.167. The molecule has 5 aromatic rings. The summed E-state index contributed by atoms with van der Waals surface area (Å²) in [4.78, 5) is 44.1. The number of rotatable bonds is 10. The minimum atomic E-state index is -0.879. The van der Waals surface area contributed by atoms with Gasteiger partial charge >= 0.3 is 0 Å². The number of pyridine rings is 2. The summed E-state index contributed by atoms with van der Waals surface area (Å²) >= 11 is 0. The van der Waals surface area contributed by atoms with Gasteiger partial charge in [0.15, 0.2) is 17.3 Å². The van der Waals surface area contributed by atoms with Gasteiger partial charge in [0.2, 0.25) is 5.43 Å². The minimum absolute atomic E-state index is 0.106. The summed E-state index contributed by atoms with van der Waals surface area (Å²) in [6.07, 6.45) is 2.54. The number of primary amides is 1. The van der Waals surface area contributed by atoms with Crippen molar-refractivity contribution in [3.05, 3.63) is 118 Å². The van der Waals surface area contributed by atoms with E-state index in [1.807, 2.05) is 6.07 Å². The van der Waals surface area contributed by atoms with Crippen LogP contribution >= 0.6 is 0 Å². The average molecular weight is 639 g/mol. The van der Waals surface area contributed by atoms with Crippen LogP contribution in [-0.2, 0) is 6.42 Å². The number of aromatic nitrogens is 2. The fourth-order valence-corrected chi connectivity index (χ4v) is 5.41. The Hall–Kier alpha value is -5.84. The first-order chi connectivity index (χ1) is 22.4. The molecule has 5 rings (SSSR count). The first kappa shape index (κ1) is 32.6. The highest BCUT2D eigenvalue weighted by molar-refractivity contribution is 6.02. The third kappa shape index (κ3) is 6.46. The van der Waals surface area contributed by atoms with E-state index < -0.39 is 28.8 Å². The first-order valence-electron chi connectivity index (χ1n) is 14.6. The third-order valence-corrected chi connectivity index (χ3v) is 7.78. The monoisotopic (exact) mass is 638 g/mol. The number of nitrogens with two attached hydrogens (primary N) is 2. The molecule has 0 saturated heterocycles. The van der Waals surface area contributed by atoms with Crippen LogP contribution in [0, 0.1) is 11.6 Å². The molecule has 0 radical (unpaired) electrons. The molecule has 11 heteroatoms. The number of halogens is 2. The molecule has 2 heterocycles. The van der Waals surface area contributed by atoms with Crippen LogP contribution in [0.25, 0.3) is 33.4 Å². The smallest absolute Gasteiger partial charge is 0.266 e. The molecule has 0 saturated carbocycles. The van der Waals surface area contributed by atoms with E-state index in [1.54, 1.807) is 44.3 Å². The van der Waals surface area contributed by atoms with Crippen LogP contribution in [0.3, 0.4) is 0 Å². The number of methoxy groups -OCH3 is 2. The molecule has 0 aliphatic rings. The molecule has 0 unspecified atom stereocenters. The molecule has 0 aliphatic carbocycles. The van der Waals surface area contributed by atoms with E-state index in [-0.39, 0.29) is 46.2 Å². The molecule has 2 aromatic heterocycles. The molecule has 0 atom stereocenters. The summed E-state index contributed by atoms with van der Waals surface area (Å²) in [6, 6.07) is 15.9. The Morgan fingerprint density at radius 3 is 2.17 bits per heavy atom. The van der Waals surface area contributed by atoms with Gasteiger partial charge in [-0.1, -0.05) is 30.3 Å². The number of Topliss-reactive ketones (excluding diaryl/α,β-unsaturated/α-hetero) is 1. The normalized spacial score (nSPS) is 11.0. The first-order valence-corrected chi connectivity index (χ1v) is 14.6. The lowest BCUT2D eigenvalue weighted by molar-refractivity contribution is 0.0975. The number of anilines is 1. The Morgan fingerprint density at radius 1 is 0.872 bits per heavy atom. The Labute approximate surface area is 269 Å². The topological polar surface area (TPSA) is 140 Å². The average Bonchev–Trinajstić information content (AvgIpc) is 3.05. The van der Waals surface area contributed by atoms with Gasteiger partial charge in [-0.3, -0.25) is 14.4 Å². The van der Waals surface area contributed by atoms with Gasteiger partial charge in [-0.25, -0.2) is 13.8 Å². The zero-order chi connectivity index (χ0) is 34.0. The lowest BCUT2D eigenvalue weighted by Crippen LogP contribution is -2.30. The second-order valence-electron chi connectivity index (χ2n) is 11.1. The van der Waals surface area contributed by atoms with Gasteiger partial charge in [0.25, 0.3) is 5.91 Å². The quantitative estimate of drug-likeness (QED) is 0.173. The van der Waals surface area contributed by atoms with Crippen LogP contribution in [0.4, 0.5) is 14.6 Å². The number of hydrogen-bond donors (Lipinski definition) is 2. The Bertz CT molecular complexity index is 2070. The minimum Gasteiger partial charge on any atom is -0.493 e. The molecule has 0 spiro atoms. The number of nitrogen functional groups attached to an aromatic ring is 1. The highest BCUT2D eigenvalue weighted by Gasteiger charge is 2.25. The van der Waals surface area contributed by atoms with Crippen molar-refractivity contribution in [1.82, 2.24) is 9.55 Å². The lowest BCUT2D eigenvalue weighted by Gasteiger charge is -2.20. The molecule has 3 aromatic carbocycles. The zero-order valence-electron chi connectivity index (χ0n) is 26.1. The maximum absolute atomic E-state index is 15.7. The van der Waals surface area contributed by atoms with Gasteiger partial charge in [0.05, 0.1) is 25.3 Å². The summed E-state index contributed by atoms with van der Waals surface area (Å²) in [7, 11) is 3.06. The van der Waals surface area contributed by atoms with E-state index >= 15 is 4.39 Å². The molecular weight excluding hydrogens is 606 g/mol. The largest absolute Gasteiger partial charge is 0.493 e. The summed E-state index contributed by atoms with van der Waals surface area (Å²) in [5.74, 6) is -1.50. The predicted molar refractivity (Wildman–Crippen MR) is 176 cm³/mol. The maximum Gasteiger partial charge on any atom is 0.266 e. The van der Waals surface area contributed by atoms with Crippen LogP contribution in [0.5, 0.6) is 11.5 Å². The van der Waals surface area contributed by atoms with Crippen LogP contribution in [0.15, 0.2) is 83.9 Å². The zero-order valence-corrected chi connectivity index (χ0v) is 26.1. The summed E-state index contributed by atoms with van der Waals surface area (Å²) in [5.41, 5.74) is 13.1. The number of nitrogens with zero attached hydrogens (tertiary/aromatic N) is 2. The predicted octanol–water partition coefficient (Wildman–Crippen LogP) is 6.23. The SMILES string of the molecule is COc1ccc(-c2cnc(N)c(-c3ccc(CC(=O)c4cn(C(C)C)c(C(N)=O)c(-c5ccc(F)cc5)c4=O)cc3F)c2)cc1OC. The van der Waals surface area contributed by atoms with E-state index in [4.69, 9.17) is 20.9 Å². The van der Waals surface area contributed by atoms with E-state index in [2.05, 4.69) is 4.98 Å². The van der Waals surface area contributed by atoms with Crippen molar-refractivity contribution in [2.45, 2.75) is 26.3 Å². The van der Waals surface area contributed by atoms with Crippen molar-refractivity contribution in [2.75, 3.05) is 20.0 Å². The lowest BCUT2D eigenvalue weighted by atomic mass is 9.95. The highest BCUT2D eigenvalue weighted by atomic mass is 19.1. The van der Waals surface area contributed by atoms with Gasteiger partial charge in [-0.15, -0.1) is 0 Å². The number of amides is 1. The maximum atomic E-state index is 15.7.